The number of methoxy groups -OCH3 is 1. The van der Waals surface area contributed by atoms with Crippen LogP contribution in [0.15, 0.2) is 24.3 Å². The van der Waals surface area contributed by atoms with Crippen molar-refractivity contribution < 1.29 is 14.3 Å². The molecule has 0 radical (unpaired) electrons. The minimum atomic E-state index is -0.591. The molecule has 0 bridgehead atoms. The van der Waals surface area contributed by atoms with E-state index in [9.17, 15) is 9.59 Å². The van der Waals surface area contributed by atoms with Gasteiger partial charge >= 0.3 is 5.97 Å². The number of carbonyl (C=O) groups excluding carboxylic acids is 2. The number of ether oxygens (including phenoxy) is 1. The average Bonchev–Trinajstić information content (AvgIpc) is 2.89. The van der Waals surface area contributed by atoms with Crippen LogP contribution in [0.5, 0.6) is 0 Å². The zero-order valence-electron chi connectivity index (χ0n) is 11.9. The lowest BCUT2D eigenvalue weighted by Crippen LogP contribution is -2.17. The number of anilines is 1. The fourth-order valence-corrected chi connectivity index (χ4v) is 2.07. The summed E-state index contributed by atoms with van der Waals surface area (Å²) in [6, 6.07) is 6.90. The SMILES string of the molecule is COC(=O)CC(=O)Nc1ccc(-c2nc(CN)[nH]c2Cl)cc1. The molecule has 2 aromatic rings. The van der Waals surface area contributed by atoms with Crippen LogP contribution >= 0.6 is 11.6 Å². The second kappa shape index (κ2) is 7.06. The highest BCUT2D eigenvalue weighted by Crippen LogP contribution is 2.26. The Kier molecular flexibility index (Phi) is 5.13. The highest BCUT2D eigenvalue weighted by molar-refractivity contribution is 6.31. The molecule has 0 aliphatic carbocycles. The lowest BCUT2D eigenvalue weighted by atomic mass is 10.1. The van der Waals surface area contributed by atoms with Crippen molar-refractivity contribution in [2.45, 2.75) is 13.0 Å². The van der Waals surface area contributed by atoms with Crippen molar-refractivity contribution in [3.8, 4) is 11.3 Å². The first kappa shape index (κ1) is 16.0. The van der Waals surface area contributed by atoms with E-state index < -0.39 is 11.9 Å². The molecule has 1 heterocycles. The molecule has 0 aliphatic rings. The number of rotatable bonds is 5. The number of hydrogen-bond donors (Lipinski definition) is 3. The first-order valence-corrected chi connectivity index (χ1v) is 6.83. The number of imidazole rings is 1. The minimum Gasteiger partial charge on any atom is -0.469 e. The van der Waals surface area contributed by atoms with Gasteiger partial charge in [-0.05, 0) is 12.1 Å². The van der Waals surface area contributed by atoms with Crippen LogP contribution in [0, 0.1) is 0 Å². The topological polar surface area (TPSA) is 110 Å². The Bertz CT molecular complexity index is 682. The van der Waals surface area contributed by atoms with Crippen LogP contribution in [0.4, 0.5) is 5.69 Å². The predicted molar refractivity (Wildman–Crippen MR) is 82.2 cm³/mol. The Labute approximate surface area is 131 Å². The van der Waals surface area contributed by atoms with Crippen molar-refractivity contribution >= 4 is 29.2 Å². The summed E-state index contributed by atoms with van der Waals surface area (Å²) in [6.07, 6.45) is -0.330. The second-order valence-corrected chi connectivity index (χ2v) is 4.81. The normalized spacial score (nSPS) is 10.3. The van der Waals surface area contributed by atoms with Gasteiger partial charge in [-0.25, -0.2) is 4.98 Å². The first-order chi connectivity index (χ1) is 10.5. The monoisotopic (exact) mass is 322 g/mol. The summed E-state index contributed by atoms with van der Waals surface area (Å²) in [4.78, 5) is 29.7. The third-order valence-corrected chi connectivity index (χ3v) is 3.15. The summed E-state index contributed by atoms with van der Waals surface area (Å²) < 4.78 is 4.43. The van der Waals surface area contributed by atoms with Gasteiger partial charge in [0.2, 0.25) is 5.91 Å². The number of hydrogen-bond acceptors (Lipinski definition) is 5. The molecule has 1 aromatic heterocycles. The molecule has 22 heavy (non-hydrogen) atoms. The third-order valence-electron chi connectivity index (χ3n) is 2.88. The molecule has 116 valence electrons. The number of aromatic nitrogens is 2. The van der Waals surface area contributed by atoms with Gasteiger partial charge < -0.3 is 20.8 Å². The van der Waals surface area contributed by atoms with Crippen molar-refractivity contribution in [3.63, 3.8) is 0 Å². The number of nitrogens with one attached hydrogen (secondary N) is 2. The largest absolute Gasteiger partial charge is 0.469 e. The molecule has 7 nitrogen and oxygen atoms in total. The third kappa shape index (κ3) is 3.84. The molecule has 0 aliphatic heterocycles. The van der Waals surface area contributed by atoms with Gasteiger partial charge in [-0.15, -0.1) is 0 Å². The van der Waals surface area contributed by atoms with Crippen molar-refractivity contribution in [1.82, 2.24) is 9.97 Å². The Morgan fingerprint density at radius 3 is 2.59 bits per heavy atom. The maximum Gasteiger partial charge on any atom is 0.315 e. The summed E-state index contributed by atoms with van der Waals surface area (Å²) in [5.41, 5.74) is 7.44. The summed E-state index contributed by atoms with van der Waals surface area (Å²) in [7, 11) is 1.23. The van der Waals surface area contributed by atoms with Crippen LogP contribution in [-0.4, -0.2) is 29.0 Å². The van der Waals surface area contributed by atoms with Gasteiger partial charge in [0.25, 0.3) is 0 Å². The summed E-state index contributed by atoms with van der Waals surface area (Å²) in [5.74, 6) is -0.440. The highest BCUT2D eigenvalue weighted by Gasteiger charge is 2.12. The van der Waals surface area contributed by atoms with Gasteiger partial charge in [-0.3, -0.25) is 9.59 Å². The second-order valence-electron chi connectivity index (χ2n) is 4.43. The molecule has 0 unspecified atom stereocenters. The molecular weight excluding hydrogens is 308 g/mol. The quantitative estimate of drug-likeness (QED) is 0.573. The van der Waals surface area contributed by atoms with Gasteiger partial charge in [0.15, 0.2) is 0 Å². The average molecular weight is 323 g/mol. The number of H-pyrrole nitrogens is 1. The van der Waals surface area contributed by atoms with Crippen LogP contribution < -0.4 is 11.1 Å². The number of esters is 1. The zero-order chi connectivity index (χ0) is 16.1. The summed E-state index contributed by atoms with van der Waals surface area (Å²) >= 11 is 6.06. The van der Waals surface area contributed by atoms with Crippen LogP contribution in [0.3, 0.4) is 0 Å². The smallest absolute Gasteiger partial charge is 0.315 e. The maximum absolute atomic E-state index is 11.6. The number of halogens is 1. The van der Waals surface area contributed by atoms with E-state index in [1.54, 1.807) is 24.3 Å². The molecule has 2 rings (SSSR count). The van der Waals surface area contributed by atoms with Gasteiger partial charge in [0, 0.05) is 11.3 Å². The van der Waals surface area contributed by atoms with E-state index in [4.69, 9.17) is 17.3 Å². The van der Waals surface area contributed by atoms with Gasteiger partial charge in [0.05, 0.1) is 13.7 Å². The fourth-order valence-electron chi connectivity index (χ4n) is 1.81. The molecule has 0 saturated heterocycles. The molecule has 1 amide bonds. The maximum atomic E-state index is 11.6. The lowest BCUT2D eigenvalue weighted by Gasteiger charge is -2.05. The van der Waals surface area contributed by atoms with Crippen molar-refractivity contribution in [1.29, 1.82) is 0 Å². The first-order valence-electron chi connectivity index (χ1n) is 6.45. The van der Waals surface area contributed by atoms with E-state index in [0.29, 0.717) is 22.4 Å². The molecule has 8 heteroatoms. The van der Waals surface area contributed by atoms with E-state index in [-0.39, 0.29) is 13.0 Å². The standard InChI is InChI=1S/C14H15ClN4O3/c1-22-12(21)6-11(20)17-9-4-2-8(3-5-9)13-14(15)19-10(7-16)18-13/h2-5H,6-7,16H2,1H3,(H,17,20)(H,18,19). The van der Waals surface area contributed by atoms with E-state index in [1.807, 2.05) is 0 Å². The Balaban J connectivity index is 2.08. The van der Waals surface area contributed by atoms with Gasteiger partial charge in [-0.1, -0.05) is 23.7 Å². The number of amides is 1. The number of nitrogens with two attached hydrogens (primary N) is 1. The molecule has 0 saturated carbocycles. The van der Waals surface area contributed by atoms with Crippen LogP contribution in [0.25, 0.3) is 11.3 Å². The van der Waals surface area contributed by atoms with Crippen LogP contribution in [0.1, 0.15) is 12.2 Å². The molecule has 0 spiro atoms. The molecule has 1 aromatic carbocycles. The Morgan fingerprint density at radius 1 is 1.36 bits per heavy atom. The van der Waals surface area contributed by atoms with Gasteiger partial charge in [-0.2, -0.15) is 0 Å². The fraction of sp³-hybridized carbons (Fsp3) is 0.214. The molecular formula is C14H15ClN4O3. The number of aromatic amines is 1. The van der Waals surface area contributed by atoms with Crippen molar-refractivity contribution in [2.75, 3.05) is 12.4 Å². The van der Waals surface area contributed by atoms with E-state index >= 15 is 0 Å². The summed E-state index contributed by atoms with van der Waals surface area (Å²) in [6.45, 7) is 0.265. The Hall–Kier alpha value is -2.38. The highest BCUT2D eigenvalue weighted by atomic mass is 35.5. The van der Waals surface area contributed by atoms with Crippen molar-refractivity contribution in [2.24, 2.45) is 5.73 Å². The Morgan fingerprint density at radius 2 is 2.05 bits per heavy atom. The number of nitrogens with zero attached hydrogens (tertiary/aromatic N) is 1. The lowest BCUT2D eigenvalue weighted by molar-refractivity contribution is -0.142. The minimum absolute atomic E-state index is 0.265. The van der Waals surface area contributed by atoms with Gasteiger partial charge in [0.1, 0.15) is 23.1 Å². The van der Waals surface area contributed by atoms with Crippen molar-refractivity contribution in [3.05, 3.63) is 35.2 Å². The number of benzene rings is 1. The molecule has 4 N–H and O–H groups in total. The number of carbonyl (C=O) groups is 2. The predicted octanol–water partition coefficient (Wildman–Crippen LogP) is 1.69. The van der Waals surface area contributed by atoms with Crippen LogP contribution in [-0.2, 0) is 20.9 Å². The molecule has 0 atom stereocenters. The van der Waals surface area contributed by atoms with Crippen LogP contribution in [0.2, 0.25) is 5.15 Å². The summed E-state index contributed by atoms with van der Waals surface area (Å²) in [5, 5.41) is 3.00. The molecule has 0 fully saturated rings. The van der Waals surface area contributed by atoms with E-state index in [1.165, 1.54) is 7.11 Å². The van der Waals surface area contributed by atoms with E-state index in [0.717, 1.165) is 5.56 Å². The zero-order valence-corrected chi connectivity index (χ0v) is 12.6. The van der Waals surface area contributed by atoms with E-state index in [2.05, 4.69) is 20.0 Å².